The molecule has 3 nitrogen and oxygen atoms in total. The van der Waals surface area contributed by atoms with Crippen LogP contribution in [0.5, 0.6) is 0 Å². The Balaban J connectivity index is 2.21. The predicted octanol–water partition coefficient (Wildman–Crippen LogP) is 3.33. The average molecular weight is 294 g/mol. The van der Waals surface area contributed by atoms with Crippen molar-refractivity contribution >= 4 is 5.69 Å². The first-order valence-corrected chi connectivity index (χ1v) is 7.71. The highest BCUT2D eigenvalue weighted by atomic mass is 19.1. The molecule has 0 spiro atoms. The van der Waals surface area contributed by atoms with E-state index in [1.165, 1.54) is 0 Å². The lowest BCUT2D eigenvalue weighted by atomic mass is 10.0. The summed E-state index contributed by atoms with van der Waals surface area (Å²) in [7, 11) is 1.73. The highest BCUT2D eigenvalue weighted by molar-refractivity contribution is 5.55. The van der Waals surface area contributed by atoms with Gasteiger partial charge in [-0.3, -0.25) is 0 Å². The number of nitrogens with zero attached hydrogens (tertiary/aromatic N) is 1. The second kappa shape index (κ2) is 6.75. The number of hydrogen-bond donors (Lipinski definition) is 1. The lowest BCUT2D eigenvalue weighted by Gasteiger charge is -2.35. The topological polar surface area (TPSA) is 24.5 Å². The Morgan fingerprint density at radius 3 is 2.81 bits per heavy atom. The second-order valence-electron chi connectivity index (χ2n) is 6.80. The summed E-state index contributed by atoms with van der Waals surface area (Å²) in [6.45, 7) is 8.68. The van der Waals surface area contributed by atoms with E-state index in [-0.39, 0.29) is 17.5 Å². The smallest absolute Gasteiger partial charge is 0.146 e. The van der Waals surface area contributed by atoms with Crippen LogP contribution in [0.1, 0.15) is 39.2 Å². The summed E-state index contributed by atoms with van der Waals surface area (Å²) in [5, 5.41) is 3.45. The molecule has 1 heterocycles. The normalized spacial score (nSPS) is 19.9. The Bertz CT molecular complexity index is 470. The fourth-order valence-corrected chi connectivity index (χ4v) is 2.75. The highest BCUT2D eigenvalue weighted by Crippen LogP contribution is 2.28. The van der Waals surface area contributed by atoms with Crippen molar-refractivity contribution in [3.63, 3.8) is 0 Å². The van der Waals surface area contributed by atoms with Gasteiger partial charge in [0.2, 0.25) is 0 Å². The number of rotatable bonds is 4. The van der Waals surface area contributed by atoms with E-state index in [0.29, 0.717) is 6.54 Å². The van der Waals surface area contributed by atoms with Crippen LogP contribution in [0.25, 0.3) is 0 Å². The van der Waals surface area contributed by atoms with Crippen molar-refractivity contribution in [1.82, 2.24) is 5.32 Å². The van der Waals surface area contributed by atoms with E-state index < -0.39 is 0 Å². The maximum atomic E-state index is 14.4. The highest BCUT2D eigenvalue weighted by Gasteiger charge is 2.24. The molecule has 1 saturated heterocycles. The molecule has 0 saturated carbocycles. The van der Waals surface area contributed by atoms with Crippen molar-refractivity contribution < 1.29 is 9.13 Å². The van der Waals surface area contributed by atoms with Gasteiger partial charge in [-0.15, -0.1) is 0 Å². The van der Waals surface area contributed by atoms with Crippen LogP contribution in [0.2, 0.25) is 0 Å². The molecule has 1 unspecified atom stereocenters. The van der Waals surface area contributed by atoms with Crippen LogP contribution in [0.3, 0.4) is 0 Å². The molecule has 1 aliphatic rings. The van der Waals surface area contributed by atoms with E-state index in [4.69, 9.17) is 4.74 Å². The lowest BCUT2D eigenvalue weighted by Crippen LogP contribution is -2.41. The fourth-order valence-electron chi connectivity index (χ4n) is 2.75. The molecule has 21 heavy (non-hydrogen) atoms. The number of ether oxygens (including phenoxy) is 1. The van der Waals surface area contributed by atoms with Gasteiger partial charge in [-0.05, 0) is 45.2 Å². The third-order valence-corrected chi connectivity index (χ3v) is 3.91. The molecule has 0 aliphatic carbocycles. The summed E-state index contributed by atoms with van der Waals surface area (Å²) in [6, 6.07) is 5.34. The number of anilines is 1. The van der Waals surface area contributed by atoms with E-state index in [0.717, 1.165) is 37.2 Å². The summed E-state index contributed by atoms with van der Waals surface area (Å²) in [4.78, 5) is 2.13. The predicted molar refractivity (Wildman–Crippen MR) is 85.2 cm³/mol. The number of benzene rings is 1. The minimum Gasteiger partial charge on any atom is -0.380 e. The van der Waals surface area contributed by atoms with Gasteiger partial charge in [0, 0.05) is 32.3 Å². The van der Waals surface area contributed by atoms with Gasteiger partial charge in [-0.1, -0.05) is 12.1 Å². The minimum atomic E-state index is -0.139. The first-order chi connectivity index (χ1) is 9.90. The van der Waals surface area contributed by atoms with Crippen LogP contribution in [0.15, 0.2) is 18.2 Å². The second-order valence-corrected chi connectivity index (χ2v) is 6.80. The van der Waals surface area contributed by atoms with Gasteiger partial charge in [0.15, 0.2) is 0 Å². The van der Waals surface area contributed by atoms with Gasteiger partial charge in [-0.2, -0.15) is 0 Å². The molecule has 0 bridgehead atoms. The van der Waals surface area contributed by atoms with Gasteiger partial charge in [0.1, 0.15) is 5.82 Å². The molecule has 0 radical (unpaired) electrons. The zero-order valence-corrected chi connectivity index (χ0v) is 13.6. The molecule has 2 rings (SSSR count). The molecule has 0 amide bonds. The third-order valence-electron chi connectivity index (χ3n) is 3.91. The lowest BCUT2D eigenvalue weighted by molar-refractivity contribution is 0.0891. The Kier molecular flexibility index (Phi) is 5.22. The zero-order valence-electron chi connectivity index (χ0n) is 13.6. The standard InChI is InChI=1S/C17H27FN2O/c1-17(2,3)19-11-13-7-5-9-15(18)16(13)20-10-6-8-14(12-20)21-4/h5,7,9,14,19H,6,8,10-12H2,1-4H3. The van der Waals surface area contributed by atoms with Crippen LogP contribution in [-0.4, -0.2) is 31.8 Å². The van der Waals surface area contributed by atoms with Crippen molar-refractivity contribution in [3.8, 4) is 0 Å². The van der Waals surface area contributed by atoms with E-state index in [1.807, 2.05) is 6.07 Å². The molecular weight excluding hydrogens is 267 g/mol. The van der Waals surface area contributed by atoms with E-state index >= 15 is 0 Å². The van der Waals surface area contributed by atoms with Gasteiger partial charge in [-0.25, -0.2) is 4.39 Å². The van der Waals surface area contributed by atoms with Gasteiger partial charge in [0.05, 0.1) is 11.8 Å². The van der Waals surface area contributed by atoms with Crippen molar-refractivity contribution in [2.45, 2.75) is 51.8 Å². The monoisotopic (exact) mass is 294 g/mol. The molecule has 1 aromatic carbocycles. The maximum Gasteiger partial charge on any atom is 0.146 e. The number of para-hydroxylation sites is 1. The molecule has 1 aromatic rings. The van der Waals surface area contributed by atoms with E-state index in [1.54, 1.807) is 19.2 Å². The van der Waals surface area contributed by atoms with Crippen molar-refractivity contribution in [2.24, 2.45) is 0 Å². The molecular formula is C17H27FN2O. The third kappa shape index (κ3) is 4.42. The minimum absolute atomic E-state index is 0.0144. The fraction of sp³-hybridized carbons (Fsp3) is 0.647. The molecule has 1 fully saturated rings. The Hall–Kier alpha value is -1.13. The van der Waals surface area contributed by atoms with Crippen LogP contribution < -0.4 is 10.2 Å². The van der Waals surface area contributed by atoms with Crippen LogP contribution in [0.4, 0.5) is 10.1 Å². The molecule has 1 aliphatic heterocycles. The molecule has 1 N–H and O–H groups in total. The molecule has 118 valence electrons. The number of methoxy groups -OCH3 is 1. The Morgan fingerprint density at radius 1 is 1.38 bits per heavy atom. The SMILES string of the molecule is COC1CCCN(c2c(F)cccc2CNC(C)(C)C)C1. The van der Waals surface area contributed by atoms with Crippen molar-refractivity contribution in [2.75, 3.05) is 25.1 Å². The summed E-state index contributed by atoms with van der Waals surface area (Å²) in [6.07, 6.45) is 2.29. The molecule has 0 aromatic heterocycles. The summed E-state index contributed by atoms with van der Waals surface area (Å²) < 4.78 is 19.8. The maximum absolute atomic E-state index is 14.4. The van der Waals surface area contributed by atoms with Crippen LogP contribution >= 0.6 is 0 Å². The zero-order chi connectivity index (χ0) is 15.5. The largest absolute Gasteiger partial charge is 0.380 e. The summed E-state index contributed by atoms with van der Waals surface area (Å²) in [5.41, 5.74) is 1.76. The molecule has 1 atom stereocenters. The first kappa shape index (κ1) is 16.2. The number of piperidine rings is 1. The Labute approximate surface area is 127 Å². The van der Waals surface area contributed by atoms with Crippen LogP contribution in [-0.2, 0) is 11.3 Å². The quantitative estimate of drug-likeness (QED) is 0.922. The van der Waals surface area contributed by atoms with E-state index in [2.05, 4.69) is 31.0 Å². The van der Waals surface area contributed by atoms with Crippen molar-refractivity contribution in [1.29, 1.82) is 0 Å². The molecule has 4 heteroatoms. The summed E-state index contributed by atoms with van der Waals surface area (Å²) in [5.74, 6) is -0.139. The van der Waals surface area contributed by atoms with E-state index in [9.17, 15) is 4.39 Å². The van der Waals surface area contributed by atoms with Gasteiger partial charge in [0.25, 0.3) is 0 Å². The van der Waals surface area contributed by atoms with Crippen LogP contribution in [0, 0.1) is 5.82 Å². The number of halogens is 1. The van der Waals surface area contributed by atoms with Gasteiger partial charge >= 0.3 is 0 Å². The van der Waals surface area contributed by atoms with Crippen molar-refractivity contribution in [3.05, 3.63) is 29.6 Å². The number of nitrogens with one attached hydrogen (secondary N) is 1. The number of hydrogen-bond acceptors (Lipinski definition) is 3. The van der Waals surface area contributed by atoms with Gasteiger partial charge < -0.3 is 15.0 Å². The Morgan fingerprint density at radius 2 is 2.14 bits per heavy atom. The average Bonchev–Trinajstić information content (AvgIpc) is 2.44. The summed E-state index contributed by atoms with van der Waals surface area (Å²) >= 11 is 0. The first-order valence-electron chi connectivity index (χ1n) is 7.71.